The predicted octanol–water partition coefficient (Wildman–Crippen LogP) is 3.47. The number of nitrogens with zero attached hydrogens (tertiary/aromatic N) is 1. The molecule has 0 atom stereocenters. The number of benzene rings is 1. The average molecular weight is 268 g/mol. The minimum atomic E-state index is 0.758. The number of nitrogens with one attached hydrogen (secondary N) is 1. The van der Waals surface area contributed by atoms with Gasteiger partial charge in [-0.15, -0.1) is 0 Å². The molecule has 3 rings (SSSR count). The molecule has 1 aliphatic rings. The smallest absolute Gasteiger partial charge is 0.134 e. The van der Waals surface area contributed by atoms with E-state index in [1.165, 1.54) is 36.8 Å². The molecule has 1 aromatic carbocycles. The van der Waals surface area contributed by atoms with Gasteiger partial charge >= 0.3 is 0 Å². The van der Waals surface area contributed by atoms with Gasteiger partial charge in [-0.2, -0.15) is 0 Å². The van der Waals surface area contributed by atoms with Crippen LogP contribution in [-0.4, -0.2) is 12.0 Å². The lowest BCUT2D eigenvalue weighted by molar-refractivity contribution is 0.471. The third-order valence-electron chi connectivity index (χ3n) is 3.77. The van der Waals surface area contributed by atoms with Crippen molar-refractivity contribution in [3.8, 4) is 11.5 Å². The van der Waals surface area contributed by atoms with Crippen LogP contribution in [0.1, 0.15) is 29.5 Å². The standard InChI is InChI=1S/C17H20N2O/c1-18-11-15-12-19-9-8-17(15)20-16-7-6-13-4-2-3-5-14(13)10-16/h6-10,12,18H,2-5,11H2,1H3. The van der Waals surface area contributed by atoms with Gasteiger partial charge in [0.1, 0.15) is 11.5 Å². The van der Waals surface area contributed by atoms with E-state index in [2.05, 4.69) is 28.5 Å². The van der Waals surface area contributed by atoms with Gasteiger partial charge in [-0.05, 0) is 62.1 Å². The van der Waals surface area contributed by atoms with Crippen LogP contribution in [0.3, 0.4) is 0 Å². The van der Waals surface area contributed by atoms with E-state index >= 15 is 0 Å². The van der Waals surface area contributed by atoms with Crippen LogP contribution in [0.2, 0.25) is 0 Å². The largest absolute Gasteiger partial charge is 0.457 e. The molecule has 1 aliphatic carbocycles. The first-order chi connectivity index (χ1) is 9.86. The fraction of sp³-hybridized carbons (Fsp3) is 0.353. The highest BCUT2D eigenvalue weighted by atomic mass is 16.5. The Morgan fingerprint density at radius 3 is 2.85 bits per heavy atom. The van der Waals surface area contributed by atoms with Crippen LogP contribution in [0.15, 0.2) is 36.7 Å². The molecule has 3 heteroatoms. The van der Waals surface area contributed by atoms with Gasteiger partial charge in [-0.3, -0.25) is 4.98 Å². The lowest BCUT2D eigenvalue weighted by Crippen LogP contribution is -2.07. The van der Waals surface area contributed by atoms with Crippen molar-refractivity contribution in [3.05, 3.63) is 53.3 Å². The summed E-state index contributed by atoms with van der Waals surface area (Å²) in [7, 11) is 1.93. The molecule has 1 aromatic heterocycles. The summed E-state index contributed by atoms with van der Waals surface area (Å²) in [6.07, 6.45) is 8.60. The summed E-state index contributed by atoms with van der Waals surface area (Å²) in [6.45, 7) is 0.758. The fourth-order valence-corrected chi connectivity index (χ4v) is 2.74. The molecule has 1 N–H and O–H groups in total. The predicted molar refractivity (Wildman–Crippen MR) is 80.2 cm³/mol. The molecule has 104 valence electrons. The van der Waals surface area contributed by atoms with E-state index in [4.69, 9.17) is 4.74 Å². The first kappa shape index (κ1) is 13.1. The molecule has 0 amide bonds. The number of aryl methyl sites for hydroxylation is 2. The lowest BCUT2D eigenvalue weighted by atomic mass is 9.92. The monoisotopic (exact) mass is 268 g/mol. The van der Waals surface area contributed by atoms with Crippen LogP contribution < -0.4 is 10.1 Å². The average Bonchev–Trinajstić information content (AvgIpc) is 2.49. The number of rotatable bonds is 4. The second-order valence-electron chi connectivity index (χ2n) is 5.25. The molecule has 3 nitrogen and oxygen atoms in total. The van der Waals surface area contributed by atoms with E-state index in [0.29, 0.717) is 0 Å². The van der Waals surface area contributed by atoms with Crippen LogP contribution in [-0.2, 0) is 19.4 Å². The van der Waals surface area contributed by atoms with E-state index in [-0.39, 0.29) is 0 Å². The van der Waals surface area contributed by atoms with Crippen molar-refractivity contribution in [1.29, 1.82) is 0 Å². The van der Waals surface area contributed by atoms with Crippen LogP contribution >= 0.6 is 0 Å². The van der Waals surface area contributed by atoms with Crippen molar-refractivity contribution in [2.75, 3.05) is 7.05 Å². The number of hydrogen-bond donors (Lipinski definition) is 1. The van der Waals surface area contributed by atoms with Crippen molar-refractivity contribution >= 4 is 0 Å². The van der Waals surface area contributed by atoms with Gasteiger partial charge in [-0.25, -0.2) is 0 Å². The van der Waals surface area contributed by atoms with Gasteiger partial charge in [0.05, 0.1) is 0 Å². The minimum Gasteiger partial charge on any atom is -0.457 e. The second-order valence-corrected chi connectivity index (χ2v) is 5.25. The maximum atomic E-state index is 6.05. The number of fused-ring (bicyclic) bond motifs is 1. The SMILES string of the molecule is CNCc1cnccc1Oc1ccc2c(c1)CCCC2. The molecule has 20 heavy (non-hydrogen) atoms. The van der Waals surface area contributed by atoms with Gasteiger partial charge in [0.25, 0.3) is 0 Å². The Labute approximate surface area is 120 Å². The van der Waals surface area contributed by atoms with Crippen LogP contribution in [0.25, 0.3) is 0 Å². The third kappa shape index (κ3) is 2.83. The molecular formula is C17H20N2O. The Hall–Kier alpha value is -1.87. The van der Waals surface area contributed by atoms with Gasteiger partial charge in [0, 0.05) is 24.5 Å². The Bertz CT molecular complexity index is 595. The molecule has 0 saturated carbocycles. The summed E-state index contributed by atoms with van der Waals surface area (Å²) in [5, 5.41) is 3.14. The summed E-state index contributed by atoms with van der Waals surface area (Å²) in [4.78, 5) is 4.16. The molecular weight excluding hydrogens is 248 g/mol. The van der Waals surface area contributed by atoms with Crippen molar-refractivity contribution in [2.24, 2.45) is 0 Å². The van der Waals surface area contributed by atoms with Crippen molar-refractivity contribution < 1.29 is 4.74 Å². The first-order valence-corrected chi connectivity index (χ1v) is 7.24. The van der Waals surface area contributed by atoms with Gasteiger partial charge < -0.3 is 10.1 Å². The van der Waals surface area contributed by atoms with E-state index in [1.54, 1.807) is 6.20 Å². The van der Waals surface area contributed by atoms with Gasteiger partial charge in [0.2, 0.25) is 0 Å². The topological polar surface area (TPSA) is 34.2 Å². The van der Waals surface area contributed by atoms with E-state index in [9.17, 15) is 0 Å². The summed E-state index contributed by atoms with van der Waals surface area (Å²) >= 11 is 0. The molecule has 0 radical (unpaired) electrons. The van der Waals surface area contributed by atoms with Gasteiger partial charge in [-0.1, -0.05) is 6.07 Å². The van der Waals surface area contributed by atoms with E-state index < -0.39 is 0 Å². The number of aromatic nitrogens is 1. The first-order valence-electron chi connectivity index (χ1n) is 7.24. The molecule has 0 unspecified atom stereocenters. The summed E-state index contributed by atoms with van der Waals surface area (Å²) in [6, 6.07) is 8.40. The highest BCUT2D eigenvalue weighted by Crippen LogP contribution is 2.29. The molecule has 0 saturated heterocycles. The zero-order valence-corrected chi connectivity index (χ0v) is 11.9. The van der Waals surface area contributed by atoms with Gasteiger partial charge in [0.15, 0.2) is 0 Å². The summed E-state index contributed by atoms with van der Waals surface area (Å²) in [5.41, 5.74) is 4.00. The molecule has 2 aromatic rings. The maximum Gasteiger partial charge on any atom is 0.134 e. The quantitative estimate of drug-likeness (QED) is 0.922. The molecule has 1 heterocycles. The van der Waals surface area contributed by atoms with E-state index in [0.717, 1.165) is 23.6 Å². The highest BCUT2D eigenvalue weighted by Gasteiger charge is 2.11. The zero-order valence-electron chi connectivity index (χ0n) is 11.9. The number of ether oxygens (including phenoxy) is 1. The van der Waals surface area contributed by atoms with Crippen LogP contribution in [0, 0.1) is 0 Å². The minimum absolute atomic E-state index is 0.758. The van der Waals surface area contributed by atoms with Crippen molar-refractivity contribution in [2.45, 2.75) is 32.2 Å². The summed E-state index contributed by atoms with van der Waals surface area (Å²) < 4.78 is 6.05. The molecule has 0 spiro atoms. The van der Waals surface area contributed by atoms with E-state index in [1.807, 2.05) is 19.3 Å². The second kappa shape index (κ2) is 6.06. The van der Waals surface area contributed by atoms with Crippen molar-refractivity contribution in [3.63, 3.8) is 0 Å². The maximum absolute atomic E-state index is 6.05. The Morgan fingerprint density at radius 2 is 2.00 bits per heavy atom. The third-order valence-corrected chi connectivity index (χ3v) is 3.77. The fourth-order valence-electron chi connectivity index (χ4n) is 2.74. The number of hydrogen-bond acceptors (Lipinski definition) is 3. The van der Waals surface area contributed by atoms with Crippen LogP contribution in [0.4, 0.5) is 0 Å². The Balaban J connectivity index is 1.84. The normalized spacial score (nSPS) is 13.8. The Kier molecular flexibility index (Phi) is 3.97. The summed E-state index contributed by atoms with van der Waals surface area (Å²) in [5.74, 6) is 1.80. The molecule has 0 bridgehead atoms. The van der Waals surface area contributed by atoms with Crippen molar-refractivity contribution in [1.82, 2.24) is 10.3 Å². The lowest BCUT2D eigenvalue weighted by Gasteiger charge is -2.17. The zero-order chi connectivity index (χ0) is 13.8. The highest BCUT2D eigenvalue weighted by molar-refractivity contribution is 5.41. The molecule has 0 aliphatic heterocycles. The molecule has 0 fully saturated rings. The van der Waals surface area contributed by atoms with Crippen LogP contribution in [0.5, 0.6) is 11.5 Å². The Morgan fingerprint density at radius 1 is 1.15 bits per heavy atom. The number of pyridine rings is 1.